The van der Waals surface area contributed by atoms with Gasteiger partial charge in [0.1, 0.15) is 11.5 Å². The SMILES string of the molecule is CC1(C)CCC(CN2CCN(c3ccc(C(=O)NS(=O)(=O)c4cccc5cnccc45)c(Oc4ccc5[nH]ccc5c4)c3)CC2)=C(c2ccc(Cl)cc2)C1. The van der Waals surface area contributed by atoms with Crippen molar-refractivity contribution in [1.82, 2.24) is 19.6 Å². The average molecular weight is 760 g/mol. The summed E-state index contributed by atoms with van der Waals surface area (Å²) in [5, 5.41) is 2.83. The molecule has 54 heavy (non-hydrogen) atoms. The summed E-state index contributed by atoms with van der Waals surface area (Å²) in [6, 6.07) is 27.7. The Bertz CT molecular complexity index is 2500. The first-order valence-corrected chi connectivity index (χ1v) is 20.1. The fraction of sp³-hybridized carbons (Fsp3) is 0.256. The molecule has 3 heterocycles. The third kappa shape index (κ3) is 7.59. The van der Waals surface area contributed by atoms with E-state index in [0.717, 1.165) is 67.2 Å². The average Bonchev–Trinajstić information content (AvgIpc) is 3.64. The highest BCUT2D eigenvalue weighted by atomic mass is 35.5. The fourth-order valence-electron chi connectivity index (χ4n) is 7.66. The van der Waals surface area contributed by atoms with Gasteiger partial charge in [-0.3, -0.25) is 14.7 Å². The molecule has 0 spiro atoms. The topological polar surface area (TPSA) is 108 Å². The van der Waals surface area contributed by atoms with Gasteiger partial charge in [0.2, 0.25) is 0 Å². The molecule has 0 bridgehead atoms. The molecule has 0 atom stereocenters. The van der Waals surface area contributed by atoms with E-state index in [9.17, 15) is 13.2 Å². The molecule has 2 aliphatic rings. The number of sulfonamides is 1. The number of pyridine rings is 1. The quantitative estimate of drug-likeness (QED) is 0.152. The molecule has 1 aliphatic carbocycles. The van der Waals surface area contributed by atoms with Gasteiger partial charge in [-0.2, -0.15) is 0 Å². The monoisotopic (exact) mass is 759 g/mol. The third-order valence-corrected chi connectivity index (χ3v) is 12.3. The normalized spacial score (nSPS) is 16.5. The molecule has 11 heteroatoms. The molecule has 276 valence electrons. The number of carbonyl (C=O) groups is 1. The fourth-order valence-corrected chi connectivity index (χ4v) is 8.98. The number of amides is 1. The van der Waals surface area contributed by atoms with Gasteiger partial charge in [-0.05, 0) is 96.5 Å². The van der Waals surface area contributed by atoms with E-state index in [1.807, 2.05) is 54.7 Å². The molecular weight excluding hydrogens is 718 g/mol. The van der Waals surface area contributed by atoms with E-state index < -0.39 is 15.9 Å². The summed E-state index contributed by atoms with van der Waals surface area (Å²) >= 11 is 6.24. The molecular formula is C43H42ClN5O4S. The number of benzene rings is 4. The van der Waals surface area contributed by atoms with E-state index >= 15 is 0 Å². The van der Waals surface area contributed by atoms with Crippen LogP contribution in [-0.4, -0.2) is 61.9 Å². The first kappa shape index (κ1) is 35.8. The van der Waals surface area contributed by atoms with Gasteiger partial charge in [0.25, 0.3) is 15.9 Å². The van der Waals surface area contributed by atoms with Crippen LogP contribution in [0, 0.1) is 5.41 Å². The Hall–Kier alpha value is -5.16. The number of anilines is 1. The minimum absolute atomic E-state index is 0.00129. The number of allylic oxidation sites excluding steroid dienone is 1. The van der Waals surface area contributed by atoms with E-state index in [2.05, 4.69) is 50.5 Å². The number of aromatic nitrogens is 2. The van der Waals surface area contributed by atoms with Crippen molar-refractivity contribution in [3.63, 3.8) is 0 Å². The maximum Gasteiger partial charge on any atom is 0.268 e. The summed E-state index contributed by atoms with van der Waals surface area (Å²) in [5.41, 5.74) is 6.42. The second-order valence-electron chi connectivity index (χ2n) is 15.0. The van der Waals surface area contributed by atoms with E-state index in [1.165, 1.54) is 35.4 Å². The van der Waals surface area contributed by atoms with Crippen molar-refractivity contribution in [2.24, 2.45) is 5.41 Å². The number of rotatable bonds is 9. The minimum Gasteiger partial charge on any atom is -0.456 e. The predicted molar refractivity (Wildman–Crippen MR) is 216 cm³/mol. The summed E-state index contributed by atoms with van der Waals surface area (Å²) in [5.74, 6) is 0.0146. The summed E-state index contributed by atoms with van der Waals surface area (Å²) in [4.78, 5) is 25.9. The van der Waals surface area contributed by atoms with Gasteiger partial charge in [-0.1, -0.05) is 55.3 Å². The van der Waals surface area contributed by atoms with Crippen molar-refractivity contribution in [2.45, 2.75) is 38.0 Å². The van der Waals surface area contributed by atoms with E-state index in [4.69, 9.17) is 16.3 Å². The summed E-state index contributed by atoms with van der Waals surface area (Å²) in [6.45, 7) is 8.97. The van der Waals surface area contributed by atoms with Crippen LogP contribution in [-0.2, 0) is 10.0 Å². The number of ether oxygens (including phenoxy) is 1. The van der Waals surface area contributed by atoms with Crippen molar-refractivity contribution in [3.8, 4) is 11.5 Å². The Balaban J connectivity index is 1.04. The van der Waals surface area contributed by atoms with Crippen molar-refractivity contribution in [1.29, 1.82) is 0 Å². The Morgan fingerprint density at radius 3 is 2.57 bits per heavy atom. The number of hydrogen-bond donors (Lipinski definition) is 2. The van der Waals surface area contributed by atoms with Gasteiger partial charge in [0.15, 0.2) is 0 Å². The summed E-state index contributed by atoms with van der Waals surface area (Å²) in [7, 11) is -4.24. The molecule has 1 saturated heterocycles. The molecule has 1 fully saturated rings. The molecule has 6 aromatic rings. The number of nitrogens with one attached hydrogen (secondary N) is 2. The second-order valence-corrected chi connectivity index (χ2v) is 17.1. The molecule has 9 nitrogen and oxygen atoms in total. The number of piperazine rings is 1. The number of carbonyl (C=O) groups excluding carboxylic acids is 1. The van der Waals surface area contributed by atoms with Crippen LogP contribution in [0.5, 0.6) is 11.5 Å². The number of aromatic amines is 1. The zero-order valence-corrected chi connectivity index (χ0v) is 31.9. The minimum atomic E-state index is -4.24. The molecule has 0 unspecified atom stereocenters. The van der Waals surface area contributed by atoms with E-state index in [1.54, 1.807) is 30.5 Å². The second kappa shape index (κ2) is 14.6. The van der Waals surface area contributed by atoms with Crippen LogP contribution < -0.4 is 14.4 Å². The van der Waals surface area contributed by atoms with E-state index in [-0.39, 0.29) is 21.6 Å². The summed E-state index contributed by atoms with van der Waals surface area (Å²) in [6.07, 6.45) is 8.27. The lowest BCUT2D eigenvalue weighted by molar-refractivity contribution is 0.0979. The van der Waals surface area contributed by atoms with Crippen LogP contribution in [0.2, 0.25) is 5.02 Å². The number of hydrogen-bond acceptors (Lipinski definition) is 7. The highest BCUT2D eigenvalue weighted by Gasteiger charge is 2.30. The van der Waals surface area contributed by atoms with Gasteiger partial charge in [0.05, 0.1) is 10.5 Å². The maximum atomic E-state index is 13.8. The van der Waals surface area contributed by atoms with Crippen LogP contribution >= 0.6 is 11.6 Å². The van der Waals surface area contributed by atoms with E-state index in [0.29, 0.717) is 16.5 Å². The van der Waals surface area contributed by atoms with Crippen molar-refractivity contribution >= 4 is 60.5 Å². The van der Waals surface area contributed by atoms with Gasteiger partial charge < -0.3 is 14.6 Å². The first-order chi connectivity index (χ1) is 26.0. The van der Waals surface area contributed by atoms with Crippen molar-refractivity contribution in [2.75, 3.05) is 37.6 Å². The van der Waals surface area contributed by atoms with Crippen LogP contribution in [0.4, 0.5) is 5.69 Å². The largest absolute Gasteiger partial charge is 0.456 e. The number of nitrogens with zero attached hydrogens (tertiary/aromatic N) is 3. The lowest BCUT2D eigenvalue weighted by Gasteiger charge is -2.39. The van der Waals surface area contributed by atoms with Gasteiger partial charge >= 0.3 is 0 Å². The predicted octanol–water partition coefficient (Wildman–Crippen LogP) is 9.07. The smallest absolute Gasteiger partial charge is 0.268 e. The summed E-state index contributed by atoms with van der Waals surface area (Å²) < 4.78 is 36.0. The zero-order valence-electron chi connectivity index (χ0n) is 30.3. The first-order valence-electron chi connectivity index (χ1n) is 18.2. The lowest BCUT2D eigenvalue weighted by atomic mass is 9.72. The molecule has 1 amide bonds. The highest BCUT2D eigenvalue weighted by Crippen LogP contribution is 2.43. The zero-order chi connectivity index (χ0) is 37.5. The molecule has 2 aromatic heterocycles. The molecule has 2 N–H and O–H groups in total. The van der Waals surface area contributed by atoms with Crippen LogP contribution in [0.1, 0.15) is 49.0 Å². The van der Waals surface area contributed by atoms with Gasteiger partial charge in [-0.25, -0.2) is 13.1 Å². The standard InChI is InChI=1S/C43H42ClN5O4S/c1-43(2)17-14-32(38(26-43)29-6-8-33(44)9-7-29)28-48-20-22-49(23-21-48)34-10-12-37(40(25-34)53-35-11-13-39-30(24-35)15-19-46-39)42(50)47-54(51,52)41-5-3-4-31-27-45-18-16-36(31)41/h3-13,15-16,18-19,24-25,27,46H,14,17,20-23,26,28H2,1-2H3,(H,47,50). The number of halogens is 1. The Morgan fingerprint density at radius 2 is 1.76 bits per heavy atom. The Kier molecular flexibility index (Phi) is 9.68. The van der Waals surface area contributed by atoms with Crippen LogP contribution in [0.25, 0.3) is 27.2 Å². The van der Waals surface area contributed by atoms with Crippen LogP contribution in [0.3, 0.4) is 0 Å². The Labute approximate surface area is 320 Å². The molecule has 0 radical (unpaired) electrons. The molecule has 0 saturated carbocycles. The number of H-pyrrole nitrogens is 1. The highest BCUT2D eigenvalue weighted by molar-refractivity contribution is 7.90. The van der Waals surface area contributed by atoms with Gasteiger partial charge in [0, 0.05) is 89.8 Å². The maximum absolute atomic E-state index is 13.8. The number of fused-ring (bicyclic) bond motifs is 2. The lowest BCUT2D eigenvalue weighted by Crippen LogP contribution is -2.47. The third-order valence-electron chi connectivity index (χ3n) is 10.6. The van der Waals surface area contributed by atoms with Crippen LogP contribution in [0.15, 0.2) is 120 Å². The van der Waals surface area contributed by atoms with Crippen molar-refractivity contribution in [3.05, 3.63) is 131 Å². The van der Waals surface area contributed by atoms with Crippen molar-refractivity contribution < 1.29 is 17.9 Å². The molecule has 4 aromatic carbocycles. The molecule has 8 rings (SSSR count). The van der Waals surface area contributed by atoms with Gasteiger partial charge in [-0.15, -0.1) is 0 Å². The molecule has 1 aliphatic heterocycles. The Morgan fingerprint density at radius 1 is 0.944 bits per heavy atom.